The Morgan fingerprint density at radius 1 is 1.07 bits per heavy atom. The van der Waals surface area contributed by atoms with Crippen molar-refractivity contribution in [1.29, 1.82) is 0 Å². The second kappa shape index (κ2) is 11.9. The highest BCUT2D eigenvalue weighted by Crippen LogP contribution is 2.29. The van der Waals surface area contributed by atoms with Crippen LogP contribution < -0.4 is 9.47 Å². The van der Waals surface area contributed by atoms with E-state index in [0.717, 1.165) is 38.2 Å². The summed E-state index contributed by atoms with van der Waals surface area (Å²) in [6, 6.07) is 6.71. The molecule has 0 spiro atoms. The molecule has 1 atom stereocenters. The lowest BCUT2D eigenvalue weighted by molar-refractivity contribution is 0.0388. The summed E-state index contributed by atoms with van der Waals surface area (Å²) in [7, 11) is 5.59. The van der Waals surface area contributed by atoms with Gasteiger partial charge in [-0.05, 0) is 50.4 Å². The molecule has 1 saturated heterocycles. The van der Waals surface area contributed by atoms with E-state index >= 15 is 0 Å². The van der Waals surface area contributed by atoms with Gasteiger partial charge in [0.15, 0.2) is 11.5 Å². The lowest BCUT2D eigenvalue weighted by Gasteiger charge is -2.32. The number of hydrogen-bond donors (Lipinski definition) is 1. The van der Waals surface area contributed by atoms with Gasteiger partial charge in [0.1, 0.15) is 12.7 Å². The van der Waals surface area contributed by atoms with Gasteiger partial charge >= 0.3 is 0 Å². The number of ether oxygens (including phenoxy) is 3. The number of nitrogens with zero attached hydrogens (tertiary/aromatic N) is 2. The second-order valence-electron chi connectivity index (χ2n) is 8.89. The Labute approximate surface area is 182 Å². The number of benzene rings is 1. The van der Waals surface area contributed by atoms with Gasteiger partial charge in [-0.1, -0.05) is 25.3 Å². The van der Waals surface area contributed by atoms with Gasteiger partial charge < -0.3 is 24.2 Å². The molecule has 1 aliphatic carbocycles. The highest BCUT2D eigenvalue weighted by Gasteiger charge is 2.21. The second-order valence-corrected chi connectivity index (χ2v) is 8.89. The van der Waals surface area contributed by atoms with Crippen molar-refractivity contribution in [3.05, 3.63) is 23.8 Å². The standard InChI is InChI=1S/C24H40N2O4/c1-25(20-7-5-4-6-8-20)17-21(27)18-30-23-10-9-19(15-24(23)29-3)16-26-13-11-22(28-2)12-14-26/h9-10,15,20-22,27H,4-8,11-14,16-18H2,1-3H3/t21-/m1/s1. The predicted octanol–water partition coefficient (Wildman–Crippen LogP) is 3.31. The molecule has 6 heteroatoms. The van der Waals surface area contributed by atoms with Crippen molar-refractivity contribution < 1.29 is 19.3 Å². The van der Waals surface area contributed by atoms with E-state index in [1.165, 1.54) is 37.7 Å². The topological polar surface area (TPSA) is 54.4 Å². The van der Waals surface area contributed by atoms with Crippen LogP contribution in [0.25, 0.3) is 0 Å². The van der Waals surface area contributed by atoms with Crippen LogP contribution >= 0.6 is 0 Å². The lowest BCUT2D eigenvalue weighted by Crippen LogP contribution is -2.40. The maximum atomic E-state index is 10.5. The molecule has 3 rings (SSSR count). The molecule has 2 aliphatic rings. The minimum absolute atomic E-state index is 0.275. The summed E-state index contributed by atoms with van der Waals surface area (Å²) in [5.41, 5.74) is 1.22. The van der Waals surface area contributed by atoms with Crippen LogP contribution in [0.15, 0.2) is 18.2 Å². The molecule has 2 fully saturated rings. The predicted molar refractivity (Wildman–Crippen MR) is 119 cm³/mol. The van der Waals surface area contributed by atoms with E-state index in [9.17, 15) is 5.11 Å². The van der Waals surface area contributed by atoms with E-state index in [2.05, 4.69) is 29.0 Å². The molecule has 0 amide bonds. The van der Waals surface area contributed by atoms with Crippen LogP contribution in [-0.2, 0) is 11.3 Å². The molecule has 1 aliphatic heterocycles. The average molecular weight is 421 g/mol. The van der Waals surface area contributed by atoms with Gasteiger partial charge in [-0.25, -0.2) is 0 Å². The van der Waals surface area contributed by atoms with Gasteiger partial charge in [-0.2, -0.15) is 0 Å². The zero-order valence-corrected chi connectivity index (χ0v) is 19.0. The van der Waals surface area contributed by atoms with Crippen LogP contribution in [0.5, 0.6) is 11.5 Å². The Morgan fingerprint density at radius 2 is 1.80 bits per heavy atom. The fourth-order valence-corrected chi connectivity index (χ4v) is 4.73. The fraction of sp³-hybridized carbons (Fsp3) is 0.750. The highest BCUT2D eigenvalue weighted by atomic mass is 16.5. The third-order valence-corrected chi connectivity index (χ3v) is 6.63. The monoisotopic (exact) mass is 420 g/mol. The van der Waals surface area contributed by atoms with Crippen molar-refractivity contribution in [2.45, 2.75) is 69.7 Å². The summed E-state index contributed by atoms with van der Waals surface area (Å²) in [5, 5.41) is 10.5. The van der Waals surface area contributed by atoms with Crippen molar-refractivity contribution in [3.63, 3.8) is 0 Å². The van der Waals surface area contributed by atoms with Crippen molar-refractivity contribution in [3.8, 4) is 11.5 Å². The van der Waals surface area contributed by atoms with E-state index in [-0.39, 0.29) is 6.61 Å². The Kier molecular flexibility index (Phi) is 9.25. The third-order valence-electron chi connectivity index (χ3n) is 6.63. The van der Waals surface area contributed by atoms with Crippen molar-refractivity contribution in [2.75, 3.05) is 47.5 Å². The number of piperidine rings is 1. The molecule has 170 valence electrons. The number of hydrogen-bond acceptors (Lipinski definition) is 6. The van der Waals surface area contributed by atoms with Crippen molar-refractivity contribution in [2.24, 2.45) is 0 Å². The molecule has 6 nitrogen and oxygen atoms in total. The van der Waals surface area contributed by atoms with Crippen LogP contribution in [-0.4, -0.2) is 80.7 Å². The van der Waals surface area contributed by atoms with E-state index in [1.54, 1.807) is 14.2 Å². The first kappa shape index (κ1) is 23.3. The van der Waals surface area contributed by atoms with E-state index in [4.69, 9.17) is 14.2 Å². The summed E-state index contributed by atoms with van der Waals surface area (Å²) in [6.45, 7) is 3.93. The summed E-state index contributed by atoms with van der Waals surface area (Å²) in [5.74, 6) is 1.42. The Morgan fingerprint density at radius 3 is 2.47 bits per heavy atom. The summed E-state index contributed by atoms with van der Waals surface area (Å²) in [4.78, 5) is 4.75. The summed E-state index contributed by atoms with van der Waals surface area (Å²) in [6.07, 6.45) is 8.48. The summed E-state index contributed by atoms with van der Waals surface area (Å²) < 4.78 is 16.9. The normalized spacial score (nSPS) is 20.4. The molecular formula is C24H40N2O4. The minimum atomic E-state index is -0.511. The molecule has 30 heavy (non-hydrogen) atoms. The van der Waals surface area contributed by atoms with Gasteiger partial charge in [0.25, 0.3) is 0 Å². The van der Waals surface area contributed by atoms with E-state index in [0.29, 0.717) is 24.4 Å². The average Bonchev–Trinajstić information content (AvgIpc) is 2.79. The number of likely N-dealkylation sites (N-methyl/N-ethyl adjacent to an activating group) is 1. The number of rotatable bonds is 10. The van der Waals surface area contributed by atoms with Crippen LogP contribution in [0.4, 0.5) is 0 Å². The quantitative estimate of drug-likeness (QED) is 0.627. The van der Waals surface area contributed by atoms with Crippen molar-refractivity contribution in [1.82, 2.24) is 9.80 Å². The van der Waals surface area contributed by atoms with Gasteiger partial charge in [0.05, 0.1) is 13.2 Å². The molecule has 1 saturated carbocycles. The van der Waals surface area contributed by atoms with Crippen LogP contribution in [0, 0.1) is 0 Å². The van der Waals surface area contributed by atoms with Gasteiger partial charge in [0, 0.05) is 39.3 Å². The first-order valence-electron chi connectivity index (χ1n) is 11.5. The number of likely N-dealkylation sites (tertiary alicyclic amines) is 1. The lowest BCUT2D eigenvalue weighted by atomic mass is 9.94. The van der Waals surface area contributed by atoms with Crippen LogP contribution in [0.1, 0.15) is 50.5 Å². The zero-order chi connectivity index (χ0) is 21.3. The molecule has 1 aromatic carbocycles. The number of aliphatic hydroxyl groups is 1. The number of aliphatic hydroxyl groups excluding tert-OH is 1. The van der Waals surface area contributed by atoms with Crippen molar-refractivity contribution >= 4 is 0 Å². The molecule has 0 aromatic heterocycles. The molecule has 0 bridgehead atoms. The molecule has 1 aromatic rings. The minimum Gasteiger partial charge on any atom is -0.493 e. The smallest absolute Gasteiger partial charge is 0.161 e. The maximum absolute atomic E-state index is 10.5. The molecule has 0 unspecified atom stereocenters. The molecule has 1 N–H and O–H groups in total. The first-order valence-corrected chi connectivity index (χ1v) is 11.5. The first-order chi connectivity index (χ1) is 14.6. The summed E-state index contributed by atoms with van der Waals surface area (Å²) >= 11 is 0. The Hall–Kier alpha value is -1.34. The van der Waals surface area contributed by atoms with E-state index < -0.39 is 6.10 Å². The fourth-order valence-electron chi connectivity index (χ4n) is 4.73. The van der Waals surface area contributed by atoms with Crippen LogP contribution in [0.2, 0.25) is 0 Å². The van der Waals surface area contributed by atoms with Gasteiger partial charge in [0.2, 0.25) is 0 Å². The maximum Gasteiger partial charge on any atom is 0.161 e. The third kappa shape index (κ3) is 6.84. The zero-order valence-electron chi connectivity index (χ0n) is 19.0. The van der Waals surface area contributed by atoms with Gasteiger partial charge in [-0.3, -0.25) is 4.90 Å². The SMILES string of the molecule is COc1cc(CN2CCC(OC)CC2)ccc1OC[C@H](O)CN(C)C1CCCCC1. The largest absolute Gasteiger partial charge is 0.493 e. The van der Waals surface area contributed by atoms with E-state index in [1.807, 2.05) is 6.07 Å². The Bertz CT molecular complexity index is 628. The van der Waals surface area contributed by atoms with Gasteiger partial charge in [-0.15, -0.1) is 0 Å². The Balaban J connectivity index is 1.47. The highest BCUT2D eigenvalue weighted by molar-refractivity contribution is 5.43. The number of methoxy groups -OCH3 is 2. The molecular weight excluding hydrogens is 380 g/mol. The molecule has 1 heterocycles. The molecule has 0 radical (unpaired) electrons. The van der Waals surface area contributed by atoms with Crippen LogP contribution in [0.3, 0.4) is 0 Å².